The maximum Gasteiger partial charge on any atom is 0.0594 e. The Kier molecular flexibility index (Phi) is 6.68. The van der Waals surface area contributed by atoms with Crippen molar-refractivity contribution in [3.8, 4) is 0 Å². The molecule has 0 spiro atoms. The molecule has 1 aliphatic rings. The summed E-state index contributed by atoms with van der Waals surface area (Å²) in [7, 11) is 0. The molecule has 118 valence electrons. The third-order valence-electron chi connectivity index (χ3n) is 4.32. The van der Waals surface area contributed by atoms with E-state index >= 15 is 0 Å². The second-order valence-electron chi connectivity index (χ2n) is 6.04. The maximum absolute atomic E-state index is 5.41. The fraction of sp³-hybridized carbons (Fsp3) is 0.667. The van der Waals surface area contributed by atoms with Gasteiger partial charge < -0.3 is 10.1 Å². The van der Waals surface area contributed by atoms with E-state index < -0.39 is 0 Å². The van der Waals surface area contributed by atoms with Crippen molar-refractivity contribution in [3.05, 3.63) is 35.4 Å². The number of morpholine rings is 1. The highest BCUT2D eigenvalue weighted by Crippen LogP contribution is 2.18. The van der Waals surface area contributed by atoms with E-state index in [1.807, 2.05) is 0 Å². The average Bonchev–Trinajstić information content (AvgIpc) is 2.53. The van der Waals surface area contributed by atoms with Gasteiger partial charge in [0.2, 0.25) is 0 Å². The SMILES string of the molecule is CCc1ccc(C(CC)NC(C)CN2CCOCC2)cc1. The van der Waals surface area contributed by atoms with Crippen LogP contribution in [0.15, 0.2) is 24.3 Å². The number of nitrogens with zero attached hydrogens (tertiary/aromatic N) is 1. The van der Waals surface area contributed by atoms with Gasteiger partial charge in [-0.25, -0.2) is 0 Å². The van der Waals surface area contributed by atoms with Crippen LogP contribution in [0, 0.1) is 0 Å². The van der Waals surface area contributed by atoms with Crippen molar-refractivity contribution < 1.29 is 4.74 Å². The lowest BCUT2D eigenvalue weighted by molar-refractivity contribution is 0.0338. The van der Waals surface area contributed by atoms with Gasteiger partial charge in [0.15, 0.2) is 0 Å². The number of ether oxygens (including phenoxy) is 1. The molecule has 0 aromatic heterocycles. The monoisotopic (exact) mass is 290 g/mol. The molecule has 0 amide bonds. The van der Waals surface area contributed by atoms with Gasteiger partial charge >= 0.3 is 0 Å². The summed E-state index contributed by atoms with van der Waals surface area (Å²) in [6.07, 6.45) is 2.23. The zero-order valence-electron chi connectivity index (χ0n) is 13.8. The maximum atomic E-state index is 5.41. The molecule has 1 saturated heterocycles. The number of benzene rings is 1. The average molecular weight is 290 g/mol. The normalized spacial score (nSPS) is 19.4. The molecule has 1 aromatic rings. The first-order valence-electron chi connectivity index (χ1n) is 8.38. The second kappa shape index (κ2) is 8.52. The van der Waals surface area contributed by atoms with Gasteiger partial charge in [0.1, 0.15) is 0 Å². The molecule has 3 heteroatoms. The minimum Gasteiger partial charge on any atom is -0.379 e. The van der Waals surface area contributed by atoms with E-state index in [0.29, 0.717) is 12.1 Å². The molecule has 0 radical (unpaired) electrons. The van der Waals surface area contributed by atoms with Crippen LogP contribution in [-0.4, -0.2) is 43.8 Å². The Hall–Kier alpha value is -0.900. The van der Waals surface area contributed by atoms with Gasteiger partial charge in [0, 0.05) is 31.7 Å². The van der Waals surface area contributed by atoms with Crippen LogP contribution in [-0.2, 0) is 11.2 Å². The molecular weight excluding hydrogens is 260 g/mol. The Morgan fingerprint density at radius 2 is 1.81 bits per heavy atom. The second-order valence-corrected chi connectivity index (χ2v) is 6.04. The van der Waals surface area contributed by atoms with Crippen LogP contribution < -0.4 is 5.32 Å². The van der Waals surface area contributed by atoms with Crippen molar-refractivity contribution in [1.82, 2.24) is 10.2 Å². The van der Waals surface area contributed by atoms with Crippen molar-refractivity contribution in [2.24, 2.45) is 0 Å². The summed E-state index contributed by atoms with van der Waals surface area (Å²) in [6, 6.07) is 10.0. The molecule has 1 N–H and O–H groups in total. The van der Waals surface area contributed by atoms with Crippen molar-refractivity contribution >= 4 is 0 Å². The first kappa shape index (κ1) is 16.5. The number of hydrogen-bond acceptors (Lipinski definition) is 3. The van der Waals surface area contributed by atoms with E-state index in [1.165, 1.54) is 11.1 Å². The molecular formula is C18H30N2O. The van der Waals surface area contributed by atoms with Crippen LogP contribution in [0.4, 0.5) is 0 Å². The molecule has 0 aliphatic carbocycles. The molecule has 0 saturated carbocycles. The molecule has 1 fully saturated rings. The van der Waals surface area contributed by atoms with Crippen molar-refractivity contribution in [3.63, 3.8) is 0 Å². The van der Waals surface area contributed by atoms with Gasteiger partial charge in [-0.2, -0.15) is 0 Å². The summed E-state index contributed by atoms with van der Waals surface area (Å²) in [5.74, 6) is 0. The van der Waals surface area contributed by atoms with E-state index in [-0.39, 0.29) is 0 Å². The van der Waals surface area contributed by atoms with Crippen molar-refractivity contribution in [2.75, 3.05) is 32.8 Å². The van der Waals surface area contributed by atoms with Gasteiger partial charge in [-0.1, -0.05) is 38.1 Å². The van der Waals surface area contributed by atoms with Crippen LogP contribution in [0.2, 0.25) is 0 Å². The summed E-state index contributed by atoms with van der Waals surface area (Å²) in [5, 5.41) is 3.79. The van der Waals surface area contributed by atoms with E-state index in [1.54, 1.807) is 0 Å². The highest BCUT2D eigenvalue weighted by Gasteiger charge is 2.17. The van der Waals surface area contributed by atoms with Gasteiger partial charge in [0.25, 0.3) is 0 Å². The first-order valence-corrected chi connectivity index (χ1v) is 8.38. The third-order valence-corrected chi connectivity index (χ3v) is 4.32. The van der Waals surface area contributed by atoms with Crippen LogP contribution in [0.1, 0.15) is 44.4 Å². The molecule has 1 heterocycles. The smallest absolute Gasteiger partial charge is 0.0594 e. The highest BCUT2D eigenvalue weighted by molar-refractivity contribution is 5.25. The minimum atomic E-state index is 0.451. The highest BCUT2D eigenvalue weighted by atomic mass is 16.5. The molecule has 2 rings (SSSR count). The van der Waals surface area contributed by atoms with Crippen molar-refractivity contribution in [2.45, 2.75) is 45.7 Å². The third kappa shape index (κ3) is 5.10. The van der Waals surface area contributed by atoms with Crippen molar-refractivity contribution in [1.29, 1.82) is 0 Å². The van der Waals surface area contributed by atoms with Crippen LogP contribution >= 0.6 is 0 Å². The minimum absolute atomic E-state index is 0.451. The van der Waals surface area contributed by atoms with Crippen LogP contribution in [0.3, 0.4) is 0 Å². The zero-order valence-corrected chi connectivity index (χ0v) is 13.8. The first-order chi connectivity index (χ1) is 10.2. The van der Waals surface area contributed by atoms with Crippen LogP contribution in [0.5, 0.6) is 0 Å². The predicted octanol–water partition coefficient (Wildman–Crippen LogP) is 3.01. The standard InChI is InChI=1S/C18H30N2O/c1-4-16-6-8-17(9-7-16)18(5-2)19-15(3)14-20-10-12-21-13-11-20/h6-9,15,18-19H,4-5,10-14H2,1-3H3. The number of aryl methyl sites for hydroxylation is 1. The Labute approximate surface area is 129 Å². The Morgan fingerprint density at radius 1 is 1.14 bits per heavy atom. The zero-order chi connectivity index (χ0) is 15.1. The van der Waals surface area contributed by atoms with Gasteiger partial charge in [0.05, 0.1) is 13.2 Å². The summed E-state index contributed by atoms with van der Waals surface area (Å²) in [6.45, 7) is 11.7. The summed E-state index contributed by atoms with van der Waals surface area (Å²) in [4.78, 5) is 2.49. The quantitative estimate of drug-likeness (QED) is 0.835. The van der Waals surface area contributed by atoms with E-state index in [4.69, 9.17) is 4.74 Å². The Morgan fingerprint density at radius 3 is 2.38 bits per heavy atom. The Balaban J connectivity index is 1.87. The summed E-state index contributed by atoms with van der Waals surface area (Å²) < 4.78 is 5.41. The predicted molar refractivity (Wildman–Crippen MR) is 88.7 cm³/mol. The molecule has 2 atom stereocenters. The molecule has 21 heavy (non-hydrogen) atoms. The fourth-order valence-electron chi connectivity index (χ4n) is 3.00. The topological polar surface area (TPSA) is 24.5 Å². The van der Waals surface area contributed by atoms with Gasteiger partial charge in [-0.3, -0.25) is 4.90 Å². The van der Waals surface area contributed by atoms with Gasteiger partial charge in [-0.15, -0.1) is 0 Å². The number of hydrogen-bond donors (Lipinski definition) is 1. The van der Waals surface area contributed by atoms with E-state index in [2.05, 4.69) is 55.3 Å². The fourth-order valence-corrected chi connectivity index (χ4v) is 3.00. The molecule has 3 nitrogen and oxygen atoms in total. The number of rotatable bonds is 7. The largest absolute Gasteiger partial charge is 0.379 e. The van der Waals surface area contributed by atoms with Crippen LogP contribution in [0.25, 0.3) is 0 Å². The lowest BCUT2D eigenvalue weighted by Gasteiger charge is -2.31. The van der Waals surface area contributed by atoms with Gasteiger partial charge in [-0.05, 0) is 30.9 Å². The number of nitrogens with one attached hydrogen (secondary N) is 1. The molecule has 0 bridgehead atoms. The lowest BCUT2D eigenvalue weighted by atomic mass is 10.0. The summed E-state index contributed by atoms with van der Waals surface area (Å²) >= 11 is 0. The molecule has 1 aliphatic heterocycles. The lowest BCUT2D eigenvalue weighted by Crippen LogP contribution is -2.45. The van der Waals surface area contributed by atoms with E-state index in [0.717, 1.165) is 45.7 Å². The molecule has 2 unspecified atom stereocenters. The summed E-state index contributed by atoms with van der Waals surface area (Å²) in [5.41, 5.74) is 2.82. The van der Waals surface area contributed by atoms with E-state index in [9.17, 15) is 0 Å². The molecule has 1 aromatic carbocycles. The Bertz CT molecular complexity index is 398.